The molecule has 232 valence electrons. The van der Waals surface area contributed by atoms with Crippen molar-refractivity contribution < 1.29 is 4.42 Å². The van der Waals surface area contributed by atoms with Crippen LogP contribution >= 0.6 is 11.3 Å². The molecule has 11 aromatic rings. The fourth-order valence-corrected chi connectivity index (χ4v) is 9.43. The lowest BCUT2D eigenvalue weighted by atomic mass is 9.85. The van der Waals surface area contributed by atoms with Crippen molar-refractivity contribution in [3.63, 3.8) is 0 Å². The predicted molar refractivity (Wildman–Crippen MR) is 215 cm³/mol. The zero-order chi connectivity index (χ0) is 32.8. The van der Waals surface area contributed by atoms with Crippen molar-refractivity contribution in [1.82, 2.24) is 0 Å². The van der Waals surface area contributed by atoms with Gasteiger partial charge in [-0.3, -0.25) is 0 Å². The summed E-state index contributed by atoms with van der Waals surface area (Å²) in [5.41, 5.74) is 9.41. The molecule has 9 aromatic carbocycles. The van der Waals surface area contributed by atoms with E-state index in [-0.39, 0.29) is 0 Å². The fraction of sp³-hybridized carbons (Fsp3) is 0. The van der Waals surface area contributed by atoms with E-state index < -0.39 is 0 Å². The van der Waals surface area contributed by atoms with Crippen LogP contribution in [0.3, 0.4) is 0 Å². The van der Waals surface area contributed by atoms with Gasteiger partial charge in [0.1, 0.15) is 11.2 Å². The minimum Gasteiger partial charge on any atom is -0.455 e. The van der Waals surface area contributed by atoms with E-state index in [2.05, 4.69) is 164 Å². The first-order chi connectivity index (χ1) is 24.8. The zero-order valence-electron chi connectivity index (χ0n) is 27.0. The Hall–Kier alpha value is -6.22. The second-order valence-corrected chi connectivity index (χ2v) is 14.2. The van der Waals surface area contributed by atoms with Crippen LogP contribution in [0.15, 0.2) is 174 Å². The molecule has 50 heavy (non-hydrogen) atoms. The van der Waals surface area contributed by atoms with Gasteiger partial charge in [-0.2, -0.15) is 0 Å². The summed E-state index contributed by atoms with van der Waals surface area (Å²) in [4.78, 5) is 0. The van der Waals surface area contributed by atoms with Crippen molar-refractivity contribution in [2.75, 3.05) is 0 Å². The average Bonchev–Trinajstić information content (AvgIpc) is 3.76. The van der Waals surface area contributed by atoms with E-state index in [1.807, 2.05) is 17.4 Å². The highest BCUT2D eigenvalue weighted by Crippen LogP contribution is 2.46. The molecule has 0 spiro atoms. The summed E-state index contributed by atoms with van der Waals surface area (Å²) in [5, 5.41) is 12.5. The van der Waals surface area contributed by atoms with Gasteiger partial charge < -0.3 is 4.42 Å². The van der Waals surface area contributed by atoms with E-state index in [9.17, 15) is 0 Å². The van der Waals surface area contributed by atoms with Crippen LogP contribution < -0.4 is 0 Å². The van der Waals surface area contributed by atoms with Gasteiger partial charge in [0, 0.05) is 30.9 Å². The molecule has 0 unspecified atom stereocenters. The summed E-state index contributed by atoms with van der Waals surface area (Å²) in [6.07, 6.45) is 0. The number of rotatable bonds is 3. The zero-order valence-corrected chi connectivity index (χ0v) is 27.8. The molecule has 0 saturated carbocycles. The molecule has 2 heterocycles. The largest absolute Gasteiger partial charge is 0.455 e. The Morgan fingerprint density at radius 3 is 1.60 bits per heavy atom. The summed E-state index contributed by atoms with van der Waals surface area (Å²) >= 11 is 1.86. The van der Waals surface area contributed by atoms with Crippen molar-refractivity contribution in [1.29, 1.82) is 0 Å². The van der Waals surface area contributed by atoms with E-state index in [0.29, 0.717) is 0 Å². The topological polar surface area (TPSA) is 13.1 Å². The summed E-state index contributed by atoms with van der Waals surface area (Å²) in [5.74, 6) is 0. The van der Waals surface area contributed by atoms with Gasteiger partial charge in [0.05, 0.1) is 0 Å². The molecule has 0 amide bonds. The van der Waals surface area contributed by atoms with E-state index in [1.54, 1.807) is 0 Å². The number of fused-ring (bicyclic) bond motifs is 11. The molecule has 2 heteroatoms. The lowest BCUT2D eigenvalue weighted by Gasteiger charge is -2.18. The molecular weight excluding hydrogens is 625 g/mol. The summed E-state index contributed by atoms with van der Waals surface area (Å²) < 4.78 is 9.01. The fourth-order valence-electron chi connectivity index (χ4n) is 8.19. The van der Waals surface area contributed by atoms with Gasteiger partial charge in [-0.1, -0.05) is 146 Å². The minimum absolute atomic E-state index is 0.941. The lowest BCUT2D eigenvalue weighted by molar-refractivity contribution is 0.673. The molecule has 0 aliphatic heterocycles. The number of hydrogen-bond acceptors (Lipinski definition) is 2. The molecule has 1 nitrogen and oxygen atoms in total. The van der Waals surface area contributed by atoms with Crippen LogP contribution in [0.1, 0.15) is 0 Å². The monoisotopic (exact) mass is 652 g/mol. The molecular formula is C48H28OS. The number of hydrogen-bond donors (Lipinski definition) is 0. The van der Waals surface area contributed by atoms with Crippen LogP contribution in [0.25, 0.3) is 108 Å². The van der Waals surface area contributed by atoms with Crippen LogP contribution in [0.4, 0.5) is 0 Å². The van der Waals surface area contributed by atoms with Crippen LogP contribution in [0.2, 0.25) is 0 Å². The quantitative estimate of drug-likeness (QED) is 0.173. The summed E-state index contributed by atoms with van der Waals surface area (Å²) in [6, 6.07) is 61.9. The first kappa shape index (κ1) is 27.7. The maximum atomic E-state index is 6.44. The average molecular weight is 653 g/mol. The minimum atomic E-state index is 0.941. The molecule has 0 N–H and O–H groups in total. The molecule has 0 atom stereocenters. The van der Waals surface area contributed by atoms with Crippen molar-refractivity contribution in [3.05, 3.63) is 170 Å². The lowest BCUT2D eigenvalue weighted by Crippen LogP contribution is -1.90. The van der Waals surface area contributed by atoms with Crippen LogP contribution in [0.5, 0.6) is 0 Å². The van der Waals surface area contributed by atoms with Gasteiger partial charge in [-0.15, -0.1) is 11.3 Å². The van der Waals surface area contributed by atoms with Gasteiger partial charge in [0.15, 0.2) is 0 Å². The number of thiophene rings is 1. The van der Waals surface area contributed by atoms with E-state index in [1.165, 1.54) is 96.6 Å². The predicted octanol–water partition coefficient (Wildman–Crippen LogP) is 14.4. The maximum absolute atomic E-state index is 6.44. The summed E-state index contributed by atoms with van der Waals surface area (Å²) in [7, 11) is 0. The molecule has 0 aliphatic carbocycles. The normalized spacial score (nSPS) is 12.0. The van der Waals surface area contributed by atoms with Gasteiger partial charge in [-0.25, -0.2) is 0 Å². The van der Waals surface area contributed by atoms with Crippen LogP contribution in [-0.2, 0) is 0 Å². The van der Waals surface area contributed by atoms with Crippen molar-refractivity contribution in [3.8, 4) is 33.4 Å². The molecule has 0 radical (unpaired) electrons. The number of benzene rings is 9. The molecule has 11 rings (SSSR count). The highest BCUT2D eigenvalue weighted by molar-refractivity contribution is 7.26. The molecule has 0 fully saturated rings. The molecule has 2 aromatic heterocycles. The number of para-hydroxylation sites is 1. The first-order valence-electron chi connectivity index (χ1n) is 17.1. The number of furan rings is 1. The van der Waals surface area contributed by atoms with E-state index in [4.69, 9.17) is 4.42 Å². The Morgan fingerprint density at radius 1 is 0.360 bits per heavy atom. The van der Waals surface area contributed by atoms with Crippen LogP contribution in [0, 0.1) is 0 Å². The van der Waals surface area contributed by atoms with Gasteiger partial charge in [0.2, 0.25) is 0 Å². The summed E-state index contributed by atoms with van der Waals surface area (Å²) in [6.45, 7) is 0. The molecule has 0 saturated heterocycles. The second kappa shape index (κ2) is 10.6. The Morgan fingerprint density at radius 2 is 0.900 bits per heavy atom. The van der Waals surface area contributed by atoms with Gasteiger partial charge in [-0.05, 0) is 90.0 Å². The van der Waals surface area contributed by atoms with Gasteiger partial charge >= 0.3 is 0 Å². The van der Waals surface area contributed by atoms with E-state index in [0.717, 1.165) is 11.2 Å². The van der Waals surface area contributed by atoms with Crippen molar-refractivity contribution in [2.45, 2.75) is 0 Å². The van der Waals surface area contributed by atoms with E-state index >= 15 is 0 Å². The van der Waals surface area contributed by atoms with Crippen LogP contribution in [-0.4, -0.2) is 0 Å². The third-order valence-corrected chi connectivity index (χ3v) is 11.7. The van der Waals surface area contributed by atoms with Crippen molar-refractivity contribution >= 4 is 85.8 Å². The highest BCUT2D eigenvalue weighted by atomic mass is 32.1. The Balaban J connectivity index is 1.03. The molecule has 0 aliphatic rings. The van der Waals surface area contributed by atoms with Gasteiger partial charge in [0.25, 0.3) is 0 Å². The Labute approximate surface area is 292 Å². The van der Waals surface area contributed by atoms with Crippen molar-refractivity contribution in [2.24, 2.45) is 0 Å². The molecule has 0 bridgehead atoms. The maximum Gasteiger partial charge on any atom is 0.144 e. The standard InChI is InChI=1S/C48H28OS/c1-2-10-30(11-3-1)44-36-13-4-6-15-38(36)45(39-16-7-5-14-37(39)44)31-20-18-29(19-21-31)32-22-24-34-33(28-32)23-25-41-46-43(50-48(34)41)27-26-40-35-12-8-9-17-42(35)49-47(40)46/h1-28H. The SMILES string of the molecule is c1ccc(-c2c3ccccc3c(-c3ccc(-c4ccc5c(ccc6c5sc5ccc7c8ccccc8oc7c56)c4)cc3)c3ccccc23)cc1. The highest BCUT2D eigenvalue weighted by Gasteiger charge is 2.18. The smallest absolute Gasteiger partial charge is 0.144 e. The third-order valence-electron chi connectivity index (χ3n) is 10.5. The second-order valence-electron chi connectivity index (χ2n) is 13.2. The first-order valence-corrected chi connectivity index (χ1v) is 17.9. The Kier molecular flexibility index (Phi) is 5.89. The Bertz CT molecular complexity index is 3070. The third kappa shape index (κ3) is 4.00.